The molecular formula is C17H15IN3O2. The lowest BCUT2D eigenvalue weighted by Crippen LogP contribution is -2.03. The lowest BCUT2D eigenvalue weighted by Gasteiger charge is -2.08. The van der Waals surface area contributed by atoms with Crippen molar-refractivity contribution in [2.75, 3.05) is 7.11 Å². The van der Waals surface area contributed by atoms with Crippen LogP contribution in [-0.4, -0.2) is 22.1 Å². The average Bonchev–Trinajstić information content (AvgIpc) is 3.02. The molecule has 0 fully saturated rings. The monoisotopic (exact) mass is 420 g/mol. The van der Waals surface area contributed by atoms with E-state index in [1.807, 2.05) is 42.6 Å². The van der Waals surface area contributed by atoms with Crippen molar-refractivity contribution >= 4 is 22.6 Å². The Hall–Kier alpha value is -2.09. The molecule has 1 radical (unpaired) electrons. The largest absolute Gasteiger partial charge is 0.496 e. The molecule has 0 aliphatic carbocycles. The lowest BCUT2D eigenvalue weighted by atomic mass is 10.2. The molecule has 0 spiro atoms. The van der Waals surface area contributed by atoms with Gasteiger partial charge in [-0.1, -0.05) is 17.3 Å². The topological polar surface area (TPSA) is 49.2 Å². The third kappa shape index (κ3) is 4.22. The molecule has 1 aromatic heterocycles. The van der Waals surface area contributed by atoms with Crippen LogP contribution in [0.4, 0.5) is 0 Å². The van der Waals surface area contributed by atoms with Crippen LogP contribution in [0.25, 0.3) is 0 Å². The quantitative estimate of drug-likeness (QED) is 0.575. The fraction of sp³-hybridized carbons (Fsp3) is 0.176. The third-order valence-electron chi connectivity index (χ3n) is 3.24. The van der Waals surface area contributed by atoms with E-state index in [2.05, 4.69) is 45.0 Å². The van der Waals surface area contributed by atoms with E-state index in [-0.39, 0.29) is 0 Å². The van der Waals surface area contributed by atoms with E-state index >= 15 is 0 Å². The molecular weight excluding hydrogens is 405 g/mol. The highest BCUT2D eigenvalue weighted by Crippen LogP contribution is 2.21. The molecule has 0 saturated carbocycles. The first-order valence-electron chi connectivity index (χ1n) is 7.05. The molecule has 117 valence electrons. The van der Waals surface area contributed by atoms with Gasteiger partial charge in [0.15, 0.2) is 0 Å². The molecule has 0 unspecified atom stereocenters. The second kappa shape index (κ2) is 7.45. The molecule has 0 aliphatic heterocycles. The van der Waals surface area contributed by atoms with Crippen LogP contribution in [0.3, 0.4) is 0 Å². The minimum Gasteiger partial charge on any atom is -0.496 e. The van der Waals surface area contributed by atoms with Crippen LogP contribution < -0.4 is 9.47 Å². The van der Waals surface area contributed by atoms with Crippen molar-refractivity contribution in [3.05, 3.63) is 69.6 Å². The van der Waals surface area contributed by atoms with E-state index < -0.39 is 0 Å². The molecule has 6 heteroatoms. The zero-order valence-electron chi connectivity index (χ0n) is 12.6. The Labute approximate surface area is 148 Å². The van der Waals surface area contributed by atoms with Crippen LogP contribution in [0.1, 0.15) is 11.3 Å². The van der Waals surface area contributed by atoms with Crippen LogP contribution in [0.5, 0.6) is 11.5 Å². The lowest BCUT2D eigenvalue weighted by molar-refractivity contribution is 0.301. The van der Waals surface area contributed by atoms with Crippen LogP contribution >= 0.6 is 22.6 Å². The number of nitrogens with zero attached hydrogens (tertiary/aromatic N) is 3. The summed E-state index contributed by atoms with van der Waals surface area (Å²) < 4.78 is 14.0. The summed E-state index contributed by atoms with van der Waals surface area (Å²) in [7, 11) is 1.67. The zero-order chi connectivity index (χ0) is 16.1. The first-order chi connectivity index (χ1) is 11.2. The summed E-state index contributed by atoms with van der Waals surface area (Å²) in [6, 6.07) is 16.4. The number of benzene rings is 2. The zero-order valence-corrected chi connectivity index (χ0v) is 14.7. The minimum absolute atomic E-state index is 0.382. The van der Waals surface area contributed by atoms with Crippen LogP contribution in [0.2, 0.25) is 0 Å². The smallest absolute Gasteiger partial charge is 0.134 e. The van der Waals surface area contributed by atoms with Gasteiger partial charge in [-0.15, -0.1) is 5.10 Å². The van der Waals surface area contributed by atoms with E-state index in [1.165, 1.54) is 0 Å². The van der Waals surface area contributed by atoms with Gasteiger partial charge in [0, 0.05) is 9.13 Å². The highest BCUT2D eigenvalue weighted by Gasteiger charge is 2.07. The Kier molecular flexibility index (Phi) is 5.12. The third-order valence-corrected chi connectivity index (χ3v) is 3.91. The van der Waals surface area contributed by atoms with Crippen LogP contribution in [0, 0.1) is 9.64 Å². The molecule has 3 rings (SSSR count). The van der Waals surface area contributed by atoms with Gasteiger partial charge in [-0.2, -0.15) is 0 Å². The summed E-state index contributed by atoms with van der Waals surface area (Å²) in [6.07, 6.45) is 1.88. The second-order valence-electron chi connectivity index (χ2n) is 4.89. The van der Waals surface area contributed by atoms with E-state index in [1.54, 1.807) is 11.8 Å². The number of hydrogen-bond acceptors (Lipinski definition) is 4. The fourth-order valence-electron chi connectivity index (χ4n) is 2.15. The Morgan fingerprint density at radius 3 is 2.83 bits per heavy atom. The Bertz CT molecular complexity index is 775. The van der Waals surface area contributed by atoms with Gasteiger partial charge in [-0.05, 0) is 59.0 Å². The van der Waals surface area contributed by atoms with Gasteiger partial charge in [0.25, 0.3) is 0 Å². The highest BCUT2D eigenvalue weighted by atomic mass is 127. The average molecular weight is 420 g/mol. The van der Waals surface area contributed by atoms with E-state index in [0.717, 1.165) is 26.3 Å². The van der Waals surface area contributed by atoms with Crippen molar-refractivity contribution in [1.29, 1.82) is 0 Å². The van der Waals surface area contributed by atoms with E-state index in [9.17, 15) is 0 Å². The number of halogens is 1. The van der Waals surface area contributed by atoms with Crippen LogP contribution in [0.15, 0.2) is 48.7 Å². The molecule has 0 bridgehead atoms. The van der Waals surface area contributed by atoms with Crippen molar-refractivity contribution in [2.24, 2.45) is 0 Å². The molecule has 0 aliphatic rings. The summed E-state index contributed by atoms with van der Waals surface area (Å²) in [5.74, 6) is 1.64. The van der Waals surface area contributed by atoms with Gasteiger partial charge in [0.2, 0.25) is 0 Å². The predicted molar refractivity (Wildman–Crippen MR) is 94.4 cm³/mol. The molecule has 23 heavy (non-hydrogen) atoms. The Morgan fingerprint density at radius 1 is 1.22 bits per heavy atom. The maximum atomic E-state index is 5.66. The van der Waals surface area contributed by atoms with Crippen LogP contribution in [-0.2, 0) is 13.2 Å². The molecule has 0 atom stereocenters. The van der Waals surface area contributed by atoms with E-state index in [4.69, 9.17) is 9.47 Å². The summed E-state index contributed by atoms with van der Waals surface area (Å²) >= 11 is 2.28. The number of aromatic nitrogens is 3. The highest BCUT2D eigenvalue weighted by molar-refractivity contribution is 14.1. The number of rotatable bonds is 6. The van der Waals surface area contributed by atoms with Gasteiger partial charge in [-0.3, -0.25) is 0 Å². The summed E-state index contributed by atoms with van der Waals surface area (Å²) in [4.78, 5) is 0. The first kappa shape index (κ1) is 15.8. The maximum Gasteiger partial charge on any atom is 0.134 e. The summed E-state index contributed by atoms with van der Waals surface area (Å²) in [6.45, 7) is 0.987. The predicted octanol–water partition coefficient (Wildman–Crippen LogP) is 3.32. The number of hydrogen-bond donors (Lipinski definition) is 0. The first-order valence-corrected chi connectivity index (χ1v) is 8.13. The summed E-state index contributed by atoms with van der Waals surface area (Å²) in [5, 5.41) is 8.29. The minimum atomic E-state index is 0.382. The molecule has 0 N–H and O–H groups in total. The standard InChI is InChI=1S/C17H15IN3O2/c1-22-17-8-7-14(18)9-13(17)10-21-11-15(19-20-21)12-23-16-5-3-2-4-6-16/h3-9,11H,10,12H2,1H3. The fourth-order valence-corrected chi connectivity index (χ4v) is 2.71. The van der Waals surface area contributed by atoms with Crippen molar-refractivity contribution in [1.82, 2.24) is 15.0 Å². The van der Waals surface area contributed by atoms with Crippen molar-refractivity contribution < 1.29 is 9.47 Å². The van der Waals surface area contributed by atoms with Gasteiger partial charge >= 0.3 is 0 Å². The van der Waals surface area contributed by atoms with Gasteiger partial charge in [0.05, 0.1) is 19.9 Å². The molecule has 2 aromatic carbocycles. The molecule has 0 amide bonds. The van der Waals surface area contributed by atoms with Gasteiger partial charge in [0.1, 0.15) is 23.8 Å². The van der Waals surface area contributed by atoms with E-state index in [0.29, 0.717) is 13.2 Å². The Balaban J connectivity index is 1.66. The summed E-state index contributed by atoms with van der Waals surface area (Å²) in [5.41, 5.74) is 1.85. The second-order valence-corrected chi connectivity index (χ2v) is 6.13. The number of ether oxygens (including phenoxy) is 2. The van der Waals surface area contributed by atoms with Gasteiger partial charge < -0.3 is 9.47 Å². The maximum absolute atomic E-state index is 5.66. The molecule has 0 saturated heterocycles. The van der Waals surface area contributed by atoms with Crippen molar-refractivity contribution in [3.8, 4) is 11.5 Å². The van der Waals surface area contributed by atoms with Crippen molar-refractivity contribution in [3.63, 3.8) is 0 Å². The Morgan fingerprint density at radius 2 is 2.04 bits per heavy atom. The molecule has 5 nitrogen and oxygen atoms in total. The van der Waals surface area contributed by atoms with Gasteiger partial charge in [-0.25, -0.2) is 4.68 Å². The SMILES string of the molecule is COc1ccc(I)cc1Cn1cc(COc2cc[c]cc2)nn1. The normalized spacial score (nSPS) is 10.5. The molecule has 1 heterocycles. The molecule has 3 aromatic rings. The number of methoxy groups -OCH3 is 1. The van der Waals surface area contributed by atoms with Crippen molar-refractivity contribution in [2.45, 2.75) is 13.2 Å².